The number of carbonyl (C=O) groups is 1. The number of benzene rings is 2. The topological polar surface area (TPSA) is 85.6 Å². The summed E-state index contributed by atoms with van der Waals surface area (Å²) in [5.74, 6) is -0.441. The Morgan fingerprint density at radius 2 is 1.83 bits per heavy atom. The fraction of sp³-hybridized carbons (Fsp3) is 0.438. The van der Waals surface area contributed by atoms with Gasteiger partial charge in [0.05, 0.1) is 53.8 Å². The van der Waals surface area contributed by atoms with Crippen LogP contribution in [-0.2, 0) is 20.9 Å². The van der Waals surface area contributed by atoms with Crippen molar-refractivity contribution in [3.63, 3.8) is 0 Å². The Morgan fingerprint density at radius 1 is 1.05 bits per heavy atom. The Morgan fingerprint density at radius 3 is 2.57 bits per heavy atom. The fourth-order valence-corrected chi connectivity index (χ4v) is 5.37. The van der Waals surface area contributed by atoms with E-state index in [1.165, 1.54) is 0 Å². The molecule has 0 amide bonds. The number of ether oxygens (including phenoxy) is 1. The van der Waals surface area contributed by atoms with Crippen molar-refractivity contribution in [1.82, 2.24) is 29.7 Å². The van der Waals surface area contributed by atoms with Gasteiger partial charge in [0.1, 0.15) is 5.82 Å². The first-order chi connectivity index (χ1) is 20.2. The predicted octanol–water partition coefficient (Wildman–Crippen LogP) is 5.27. The Bertz CT molecular complexity index is 1570. The van der Waals surface area contributed by atoms with E-state index in [9.17, 15) is 4.79 Å². The summed E-state index contributed by atoms with van der Waals surface area (Å²) in [6, 6.07) is 11.4. The zero-order valence-corrected chi connectivity index (χ0v) is 24.4. The minimum absolute atomic E-state index is 0.200. The van der Waals surface area contributed by atoms with Crippen LogP contribution < -0.4 is 0 Å². The van der Waals surface area contributed by atoms with Crippen molar-refractivity contribution in [1.29, 1.82) is 0 Å². The first-order valence-corrected chi connectivity index (χ1v) is 14.6. The molecular weight excluding hydrogens is 535 g/mol. The number of rotatable bonds is 6. The number of hydrogen-bond acceptors (Lipinski definition) is 8. The molecule has 42 heavy (non-hydrogen) atoms. The summed E-state index contributed by atoms with van der Waals surface area (Å²) >= 11 is 0. The van der Waals surface area contributed by atoms with E-state index in [4.69, 9.17) is 14.6 Å². The van der Waals surface area contributed by atoms with Crippen molar-refractivity contribution in [3.05, 3.63) is 66.4 Å². The third kappa shape index (κ3) is 6.21. The van der Waals surface area contributed by atoms with Crippen LogP contribution in [0.25, 0.3) is 33.4 Å². The SMILES string of the molecule is CC(C)(C)C(=O)ON1CCC(n2cc(-c3cnc4cccc(-c5ccc(CN6CCOCC6)c(F)c5)c4n3)cn2)CC1. The number of aromatic nitrogens is 4. The molecule has 0 saturated carbocycles. The summed E-state index contributed by atoms with van der Waals surface area (Å²) in [6.07, 6.45) is 7.21. The summed E-state index contributed by atoms with van der Waals surface area (Å²) in [4.78, 5) is 29.7. The van der Waals surface area contributed by atoms with E-state index in [0.717, 1.165) is 53.7 Å². The molecule has 0 aliphatic carbocycles. The van der Waals surface area contributed by atoms with Crippen molar-refractivity contribution in [2.24, 2.45) is 5.41 Å². The third-order valence-corrected chi connectivity index (χ3v) is 7.95. The van der Waals surface area contributed by atoms with Gasteiger partial charge in [-0.25, -0.2) is 14.2 Å². The maximum atomic E-state index is 15.2. The molecule has 0 atom stereocenters. The zero-order chi connectivity index (χ0) is 29.3. The molecule has 0 unspecified atom stereocenters. The van der Waals surface area contributed by atoms with E-state index in [1.54, 1.807) is 17.3 Å². The minimum Gasteiger partial charge on any atom is -0.379 e. The third-order valence-electron chi connectivity index (χ3n) is 7.95. The highest BCUT2D eigenvalue weighted by Crippen LogP contribution is 2.31. The zero-order valence-electron chi connectivity index (χ0n) is 24.4. The number of nitrogens with zero attached hydrogens (tertiary/aromatic N) is 6. The van der Waals surface area contributed by atoms with Gasteiger partial charge in [-0.3, -0.25) is 14.6 Å². The number of hydrogen-bond donors (Lipinski definition) is 0. The number of halogens is 1. The van der Waals surface area contributed by atoms with Crippen molar-refractivity contribution in [2.75, 3.05) is 39.4 Å². The first kappa shape index (κ1) is 28.4. The summed E-state index contributed by atoms with van der Waals surface area (Å²) in [5, 5.41) is 6.39. The van der Waals surface area contributed by atoms with E-state index < -0.39 is 5.41 Å². The Labute approximate surface area is 245 Å². The molecule has 6 rings (SSSR count). The van der Waals surface area contributed by atoms with Crippen LogP contribution in [0.4, 0.5) is 4.39 Å². The van der Waals surface area contributed by atoms with E-state index in [0.29, 0.717) is 44.1 Å². The lowest BCUT2D eigenvalue weighted by Gasteiger charge is -2.32. The number of hydroxylamine groups is 2. The average Bonchev–Trinajstić information content (AvgIpc) is 3.49. The molecule has 220 valence electrons. The van der Waals surface area contributed by atoms with Gasteiger partial charge >= 0.3 is 5.97 Å². The van der Waals surface area contributed by atoms with E-state index in [1.807, 2.05) is 68.2 Å². The molecule has 0 bridgehead atoms. The van der Waals surface area contributed by atoms with Crippen LogP contribution in [0.15, 0.2) is 55.0 Å². The summed E-state index contributed by atoms with van der Waals surface area (Å²) < 4.78 is 22.6. The lowest BCUT2D eigenvalue weighted by molar-refractivity contribution is -0.205. The van der Waals surface area contributed by atoms with Crippen molar-refractivity contribution in [3.8, 4) is 22.4 Å². The number of para-hydroxylation sites is 1. The van der Waals surface area contributed by atoms with Crippen LogP contribution in [0.3, 0.4) is 0 Å². The second kappa shape index (κ2) is 11.9. The number of fused-ring (bicyclic) bond motifs is 1. The van der Waals surface area contributed by atoms with Gasteiger partial charge < -0.3 is 9.57 Å². The normalized spacial score (nSPS) is 17.5. The van der Waals surface area contributed by atoms with Gasteiger partial charge in [-0.05, 0) is 51.3 Å². The van der Waals surface area contributed by atoms with Crippen LogP contribution in [0.2, 0.25) is 0 Å². The summed E-state index contributed by atoms with van der Waals surface area (Å²) in [6.45, 7) is 10.4. The van der Waals surface area contributed by atoms with Crippen molar-refractivity contribution in [2.45, 2.75) is 46.2 Å². The smallest absolute Gasteiger partial charge is 0.330 e. The molecule has 2 saturated heterocycles. The Kier molecular flexibility index (Phi) is 8.02. The molecule has 4 aromatic rings. The molecule has 0 radical (unpaired) electrons. The monoisotopic (exact) mass is 572 g/mol. The molecule has 0 spiro atoms. The van der Waals surface area contributed by atoms with E-state index in [2.05, 4.69) is 15.0 Å². The molecule has 0 N–H and O–H groups in total. The van der Waals surface area contributed by atoms with Crippen LogP contribution >= 0.6 is 0 Å². The standard InChI is InChI=1S/C32H37FN6O3/c1-32(2,3)31(40)42-38-11-9-25(10-12-38)39-21-24(18-35-39)29-19-34-28-6-4-5-26(30(28)36-29)22-7-8-23(27(33)17-22)20-37-13-15-41-16-14-37/h4-8,17-19,21,25H,9-16,20H2,1-3H3. The second-order valence-corrected chi connectivity index (χ2v) is 12.1. The molecule has 2 aromatic carbocycles. The highest BCUT2D eigenvalue weighted by Gasteiger charge is 2.29. The van der Waals surface area contributed by atoms with Crippen LogP contribution in [0.5, 0.6) is 0 Å². The summed E-state index contributed by atoms with van der Waals surface area (Å²) in [5.41, 5.74) is 4.80. The first-order valence-electron chi connectivity index (χ1n) is 14.6. The molecule has 9 nitrogen and oxygen atoms in total. The van der Waals surface area contributed by atoms with Crippen LogP contribution in [0.1, 0.15) is 45.2 Å². The van der Waals surface area contributed by atoms with Gasteiger partial charge in [-0.1, -0.05) is 24.3 Å². The predicted molar refractivity (Wildman–Crippen MR) is 158 cm³/mol. The largest absolute Gasteiger partial charge is 0.379 e. The van der Waals surface area contributed by atoms with Gasteiger partial charge in [-0.15, -0.1) is 5.06 Å². The molecular formula is C32H37FN6O3. The molecule has 2 aliphatic rings. The van der Waals surface area contributed by atoms with Gasteiger partial charge in [-0.2, -0.15) is 5.10 Å². The van der Waals surface area contributed by atoms with Gasteiger partial charge in [0, 0.05) is 55.6 Å². The minimum atomic E-state index is -0.533. The van der Waals surface area contributed by atoms with Gasteiger partial charge in [0.25, 0.3) is 0 Å². The van der Waals surface area contributed by atoms with Gasteiger partial charge in [0.15, 0.2) is 0 Å². The number of carbonyl (C=O) groups excluding carboxylic acids is 1. The van der Waals surface area contributed by atoms with E-state index in [-0.39, 0.29) is 17.8 Å². The molecule has 4 heterocycles. The molecule has 2 aliphatic heterocycles. The Hall–Kier alpha value is -3.73. The van der Waals surface area contributed by atoms with Crippen LogP contribution in [0, 0.1) is 11.2 Å². The summed E-state index contributed by atoms with van der Waals surface area (Å²) in [7, 11) is 0. The molecule has 10 heteroatoms. The van der Waals surface area contributed by atoms with Crippen molar-refractivity contribution < 1.29 is 18.8 Å². The maximum absolute atomic E-state index is 15.2. The highest BCUT2D eigenvalue weighted by atomic mass is 19.1. The number of morpholine rings is 1. The maximum Gasteiger partial charge on any atom is 0.330 e. The molecule has 2 fully saturated rings. The van der Waals surface area contributed by atoms with Crippen LogP contribution in [-0.4, -0.2) is 75.1 Å². The lowest BCUT2D eigenvalue weighted by atomic mass is 9.98. The fourth-order valence-electron chi connectivity index (χ4n) is 5.37. The number of piperidine rings is 1. The molecule has 2 aromatic heterocycles. The highest BCUT2D eigenvalue weighted by molar-refractivity contribution is 5.92. The van der Waals surface area contributed by atoms with E-state index >= 15 is 4.39 Å². The second-order valence-electron chi connectivity index (χ2n) is 12.1. The van der Waals surface area contributed by atoms with Gasteiger partial charge in [0.2, 0.25) is 0 Å². The average molecular weight is 573 g/mol. The lowest BCUT2D eigenvalue weighted by Crippen LogP contribution is -2.39. The van der Waals surface area contributed by atoms with Crippen molar-refractivity contribution >= 4 is 17.0 Å². The quantitative estimate of drug-likeness (QED) is 0.309. The Balaban J connectivity index is 1.18.